The Kier molecular flexibility index (Phi) is 6.04. The summed E-state index contributed by atoms with van der Waals surface area (Å²) in [6.07, 6.45) is 0. The number of nitrogens with zero attached hydrogens (tertiary/aromatic N) is 3. The molecule has 3 aromatic rings. The molecule has 1 amide bonds. The molecule has 0 atom stereocenters. The van der Waals surface area contributed by atoms with E-state index in [1.165, 1.54) is 7.11 Å². The lowest BCUT2D eigenvalue weighted by molar-refractivity contribution is -0.120. The molecule has 0 spiro atoms. The van der Waals surface area contributed by atoms with Gasteiger partial charge in [-0.2, -0.15) is 0 Å². The second-order valence-electron chi connectivity index (χ2n) is 6.05. The molecule has 1 aromatic heterocycles. The van der Waals surface area contributed by atoms with Gasteiger partial charge in [-0.15, -0.1) is 10.2 Å². The SMILES string of the molecule is COc1cc(Br)cc(Br)c1OCC(=O)N=Nc1c(O)n(C)c2ccc(C)cc12. The maximum atomic E-state index is 12.1. The van der Waals surface area contributed by atoms with E-state index in [2.05, 4.69) is 42.1 Å². The van der Waals surface area contributed by atoms with E-state index in [9.17, 15) is 9.90 Å². The fourth-order valence-corrected chi connectivity index (χ4v) is 4.02. The number of fused-ring (bicyclic) bond motifs is 1. The zero-order valence-corrected chi connectivity index (χ0v) is 18.5. The van der Waals surface area contributed by atoms with Crippen LogP contribution in [0.1, 0.15) is 5.56 Å². The second kappa shape index (κ2) is 8.32. The van der Waals surface area contributed by atoms with Crippen LogP contribution < -0.4 is 9.47 Å². The average Bonchev–Trinajstić information content (AvgIpc) is 2.88. The lowest BCUT2D eigenvalue weighted by atomic mass is 10.1. The Bertz CT molecular complexity index is 1090. The number of carbonyl (C=O) groups is 1. The Hall–Kier alpha value is -2.39. The molecule has 0 saturated heterocycles. The number of rotatable bonds is 5. The monoisotopic (exact) mass is 509 g/mol. The van der Waals surface area contributed by atoms with Crippen molar-refractivity contribution in [2.24, 2.45) is 17.3 Å². The summed E-state index contributed by atoms with van der Waals surface area (Å²) in [6, 6.07) is 9.20. The van der Waals surface area contributed by atoms with E-state index in [1.807, 2.05) is 25.1 Å². The summed E-state index contributed by atoms with van der Waals surface area (Å²) in [6.45, 7) is 1.61. The summed E-state index contributed by atoms with van der Waals surface area (Å²) in [5, 5.41) is 18.7. The third kappa shape index (κ3) is 4.05. The summed E-state index contributed by atoms with van der Waals surface area (Å²) < 4.78 is 13.8. The van der Waals surface area contributed by atoms with Gasteiger partial charge in [-0.3, -0.25) is 4.79 Å². The zero-order chi connectivity index (χ0) is 20.4. The van der Waals surface area contributed by atoms with Crippen molar-refractivity contribution in [3.05, 3.63) is 44.8 Å². The number of benzene rings is 2. The lowest BCUT2D eigenvalue weighted by Crippen LogP contribution is -2.09. The molecule has 7 nitrogen and oxygen atoms in total. The maximum Gasteiger partial charge on any atom is 0.302 e. The minimum Gasteiger partial charge on any atom is -0.493 e. The van der Waals surface area contributed by atoms with Gasteiger partial charge in [-0.05, 0) is 47.1 Å². The number of methoxy groups -OCH3 is 1. The van der Waals surface area contributed by atoms with Gasteiger partial charge < -0.3 is 19.1 Å². The largest absolute Gasteiger partial charge is 0.493 e. The van der Waals surface area contributed by atoms with Crippen molar-refractivity contribution >= 4 is 54.4 Å². The molecular formula is C19H17Br2N3O4. The third-order valence-corrected chi connectivity index (χ3v) is 5.14. The molecule has 0 aliphatic heterocycles. The van der Waals surface area contributed by atoms with Crippen molar-refractivity contribution in [2.75, 3.05) is 13.7 Å². The highest BCUT2D eigenvalue weighted by molar-refractivity contribution is 9.11. The predicted octanol–water partition coefficient (Wildman–Crippen LogP) is 5.42. The Morgan fingerprint density at radius 3 is 2.71 bits per heavy atom. The molecule has 0 unspecified atom stereocenters. The van der Waals surface area contributed by atoms with Gasteiger partial charge in [0.05, 0.1) is 17.1 Å². The Morgan fingerprint density at radius 1 is 1.25 bits per heavy atom. The fraction of sp³-hybridized carbons (Fsp3) is 0.211. The minimum atomic E-state index is -0.596. The van der Waals surface area contributed by atoms with Crippen LogP contribution in [0.5, 0.6) is 17.4 Å². The summed E-state index contributed by atoms with van der Waals surface area (Å²) in [7, 11) is 3.22. The van der Waals surface area contributed by atoms with Crippen molar-refractivity contribution in [1.29, 1.82) is 0 Å². The van der Waals surface area contributed by atoms with Gasteiger partial charge in [0.1, 0.15) is 0 Å². The van der Waals surface area contributed by atoms with Gasteiger partial charge in [-0.1, -0.05) is 27.6 Å². The molecule has 1 heterocycles. The fourth-order valence-electron chi connectivity index (χ4n) is 2.72. The predicted molar refractivity (Wildman–Crippen MR) is 113 cm³/mol. The molecular weight excluding hydrogens is 494 g/mol. The van der Waals surface area contributed by atoms with Crippen LogP contribution in [0.4, 0.5) is 5.69 Å². The number of hydrogen-bond donors (Lipinski definition) is 1. The molecule has 0 radical (unpaired) electrons. The van der Waals surface area contributed by atoms with E-state index >= 15 is 0 Å². The van der Waals surface area contributed by atoms with E-state index in [-0.39, 0.29) is 18.2 Å². The van der Waals surface area contributed by atoms with Crippen LogP contribution in [0.3, 0.4) is 0 Å². The van der Waals surface area contributed by atoms with E-state index in [0.717, 1.165) is 20.9 Å². The zero-order valence-electron chi connectivity index (χ0n) is 15.4. The number of aromatic hydroxyl groups is 1. The summed E-state index contributed by atoms with van der Waals surface area (Å²) in [5.74, 6) is 0.197. The molecule has 2 aromatic carbocycles. The van der Waals surface area contributed by atoms with E-state index in [1.54, 1.807) is 23.7 Å². The normalized spacial score (nSPS) is 11.3. The molecule has 0 aliphatic rings. The minimum absolute atomic E-state index is 0.0598. The number of azo groups is 1. The number of aryl methyl sites for hydroxylation is 2. The number of hydrogen-bond acceptors (Lipinski definition) is 5. The van der Waals surface area contributed by atoms with Crippen molar-refractivity contribution in [3.63, 3.8) is 0 Å². The summed E-state index contributed by atoms with van der Waals surface area (Å²) in [5.41, 5.74) is 2.05. The Labute approximate surface area is 178 Å². The number of halogens is 2. The van der Waals surface area contributed by atoms with Gasteiger partial charge in [0.25, 0.3) is 0 Å². The first-order valence-corrected chi connectivity index (χ1v) is 9.78. The first-order chi connectivity index (χ1) is 13.3. The van der Waals surface area contributed by atoms with E-state index in [0.29, 0.717) is 16.0 Å². The molecule has 0 fully saturated rings. The first-order valence-electron chi connectivity index (χ1n) is 8.20. The topological polar surface area (TPSA) is 85.4 Å². The maximum absolute atomic E-state index is 12.1. The lowest BCUT2D eigenvalue weighted by Gasteiger charge is -2.11. The van der Waals surface area contributed by atoms with Crippen molar-refractivity contribution in [1.82, 2.24) is 4.57 Å². The van der Waals surface area contributed by atoms with E-state index in [4.69, 9.17) is 9.47 Å². The number of amides is 1. The number of aromatic nitrogens is 1. The molecule has 9 heteroatoms. The molecule has 1 N–H and O–H groups in total. The molecule has 28 heavy (non-hydrogen) atoms. The summed E-state index contributed by atoms with van der Waals surface area (Å²) >= 11 is 6.74. The van der Waals surface area contributed by atoms with Crippen LogP contribution >= 0.6 is 31.9 Å². The highest BCUT2D eigenvalue weighted by atomic mass is 79.9. The van der Waals surface area contributed by atoms with Gasteiger partial charge in [0, 0.05) is 16.9 Å². The quantitative estimate of drug-likeness (QED) is 0.464. The van der Waals surface area contributed by atoms with Gasteiger partial charge in [0.2, 0.25) is 5.88 Å². The number of ether oxygens (including phenoxy) is 2. The van der Waals surface area contributed by atoms with Crippen LogP contribution in [0.15, 0.2) is 49.5 Å². The Balaban J connectivity index is 1.80. The van der Waals surface area contributed by atoms with Crippen LogP contribution in [-0.4, -0.2) is 29.3 Å². The van der Waals surface area contributed by atoms with Crippen LogP contribution in [0.25, 0.3) is 10.9 Å². The van der Waals surface area contributed by atoms with Gasteiger partial charge in [0.15, 0.2) is 23.8 Å². The van der Waals surface area contributed by atoms with Crippen LogP contribution in [0.2, 0.25) is 0 Å². The van der Waals surface area contributed by atoms with E-state index < -0.39 is 5.91 Å². The first kappa shape index (κ1) is 20.3. The molecule has 0 aliphatic carbocycles. The van der Waals surface area contributed by atoms with Gasteiger partial charge >= 0.3 is 5.91 Å². The molecule has 0 saturated carbocycles. The van der Waals surface area contributed by atoms with Crippen molar-refractivity contribution in [3.8, 4) is 17.4 Å². The summed E-state index contributed by atoms with van der Waals surface area (Å²) in [4.78, 5) is 12.1. The molecule has 0 bridgehead atoms. The molecule has 146 valence electrons. The van der Waals surface area contributed by atoms with Crippen LogP contribution in [0, 0.1) is 6.92 Å². The van der Waals surface area contributed by atoms with Crippen molar-refractivity contribution in [2.45, 2.75) is 6.92 Å². The average molecular weight is 511 g/mol. The van der Waals surface area contributed by atoms with Crippen molar-refractivity contribution < 1.29 is 19.4 Å². The highest BCUT2D eigenvalue weighted by Gasteiger charge is 2.16. The van der Waals surface area contributed by atoms with Gasteiger partial charge in [-0.25, -0.2) is 0 Å². The van der Waals surface area contributed by atoms with Crippen LogP contribution in [-0.2, 0) is 11.8 Å². The smallest absolute Gasteiger partial charge is 0.302 e. The highest BCUT2D eigenvalue weighted by Crippen LogP contribution is 2.39. The third-order valence-electron chi connectivity index (χ3n) is 4.09. The Morgan fingerprint density at radius 2 is 2.00 bits per heavy atom. The number of carbonyl (C=O) groups excluding carboxylic acids is 1. The molecule has 3 rings (SSSR count). The second-order valence-corrected chi connectivity index (χ2v) is 7.82. The standard InChI is InChI=1S/C19H17Br2N3O4/c1-10-4-5-14-12(6-10)17(19(26)24(14)2)23-22-16(25)9-28-18-13(21)7-11(20)8-15(18)27-3/h4-8,26H,9H2,1-3H3.